The van der Waals surface area contributed by atoms with E-state index in [1.54, 1.807) is 0 Å². The molecule has 3 heteroatoms. The molecule has 1 heterocycles. The van der Waals surface area contributed by atoms with Gasteiger partial charge in [-0.2, -0.15) is 0 Å². The summed E-state index contributed by atoms with van der Waals surface area (Å²) in [4.78, 5) is 2.57. The monoisotopic (exact) mass is 268 g/mol. The van der Waals surface area contributed by atoms with Crippen LogP contribution in [0.5, 0.6) is 0 Å². The van der Waals surface area contributed by atoms with E-state index in [2.05, 4.69) is 37.9 Å². The minimum absolute atomic E-state index is 0.241. The molecular weight excluding hydrogens is 236 g/mol. The van der Waals surface area contributed by atoms with Gasteiger partial charge in [-0.1, -0.05) is 20.3 Å². The van der Waals surface area contributed by atoms with Gasteiger partial charge in [0.2, 0.25) is 0 Å². The van der Waals surface area contributed by atoms with Gasteiger partial charge in [-0.25, -0.2) is 0 Å². The van der Waals surface area contributed by atoms with Gasteiger partial charge in [-0.3, -0.25) is 4.90 Å². The van der Waals surface area contributed by atoms with E-state index in [1.165, 1.54) is 25.7 Å². The third-order valence-corrected chi connectivity index (χ3v) is 4.90. The van der Waals surface area contributed by atoms with Crippen molar-refractivity contribution in [3.05, 3.63) is 0 Å². The molecular formula is C16H32N2O. The van der Waals surface area contributed by atoms with Crippen LogP contribution in [0.1, 0.15) is 53.4 Å². The second-order valence-corrected chi connectivity index (χ2v) is 7.75. The molecule has 0 bridgehead atoms. The topological polar surface area (TPSA) is 24.5 Å². The second kappa shape index (κ2) is 6.11. The third kappa shape index (κ3) is 4.44. The van der Waals surface area contributed by atoms with Crippen LogP contribution in [-0.2, 0) is 4.74 Å². The van der Waals surface area contributed by atoms with E-state index in [1.807, 2.05) is 0 Å². The lowest BCUT2D eigenvalue weighted by Gasteiger charge is -2.43. The maximum absolute atomic E-state index is 5.45. The van der Waals surface area contributed by atoms with Crippen LogP contribution < -0.4 is 5.32 Å². The fourth-order valence-electron chi connectivity index (χ4n) is 3.55. The van der Waals surface area contributed by atoms with E-state index in [-0.39, 0.29) is 5.54 Å². The van der Waals surface area contributed by atoms with E-state index in [9.17, 15) is 0 Å². The van der Waals surface area contributed by atoms with Gasteiger partial charge in [0.1, 0.15) is 0 Å². The Balaban J connectivity index is 1.80. The minimum atomic E-state index is 0.241. The summed E-state index contributed by atoms with van der Waals surface area (Å²) >= 11 is 0. The average Bonchev–Trinajstić information content (AvgIpc) is 2.37. The molecule has 112 valence electrons. The molecule has 0 spiro atoms. The third-order valence-electron chi connectivity index (χ3n) is 4.90. The van der Waals surface area contributed by atoms with Crippen LogP contribution in [0.2, 0.25) is 0 Å². The summed E-state index contributed by atoms with van der Waals surface area (Å²) in [7, 11) is 0. The number of hydrogen-bond acceptors (Lipinski definition) is 3. The van der Waals surface area contributed by atoms with E-state index in [4.69, 9.17) is 4.74 Å². The van der Waals surface area contributed by atoms with Crippen LogP contribution in [-0.4, -0.2) is 49.3 Å². The van der Waals surface area contributed by atoms with Crippen LogP contribution in [0, 0.1) is 5.41 Å². The van der Waals surface area contributed by atoms with Gasteiger partial charge in [0.15, 0.2) is 0 Å². The number of nitrogens with one attached hydrogen (secondary N) is 1. The Morgan fingerprint density at radius 3 is 2.58 bits per heavy atom. The Labute approximate surface area is 119 Å². The summed E-state index contributed by atoms with van der Waals surface area (Å²) in [6.07, 6.45) is 5.44. The number of hydrogen-bond donors (Lipinski definition) is 1. The molecule has 1 unspecified atom stereocenters. The van der Waals surface area contributed by atoms with Gasteiger partial charge in [0.05, 0.1) is 13.2 Å². The molecule has 1 atom stereocenters. The van der Waals surface area contributed by atoms with Crippen LogP contribution in [0.15, 0.2) is 0 Å². The Bertz CT molecular complexity index is 282. The number of morpholine rings is 1. The van der Waals surface area contributed by atoms with Crippen LogP contribution in [0.25, 0.3) is 0 Å². The summed E-state index contributed by atoms with van der Waals surface area (Å²) < 4.78 is 5.45. The predicted molar refractivity (Wildman–Crippen MR) is 80.5 cm³/mol. The predicted octanol–water partition coefficient (Wildman–Crippen LogP) is 2.66. The van der Waals surface area contributed by atoms with E-state index < -0.39 is 0 Å². The molecule has 0 amide bonds. The summed E-state index contributed by atoms with van der Waals surface area (Å²) in [6.45, 7) is 14.6. The molecule has 0 aromatic carbocycles. The van der Waals surface area contributed by atoms with E-state index >= 15 is 0 Å². The zero-order valence-corrected chi connectivity index (χ0v) is 13.3. The summed E-state index contributed by atoms with van der Waals surface area (Å²) in [6, 6.07) is 0.712. The Kier molecular flexibility index (Phi) is 4.91. The quantitative estimate of drug-likeness (QED) is 0.848. The maximum Gasteiger partial charge on any atom is 0.0594 e. The first-order valence-electron chi connectivity index (χ1n) is 7.95. The van der Waals surface area contributed by atoms with Crippen LogP contribution >= 0.6 is 0 Å². The fourth-order valence-corrected chi connectivity index (χ4v) is 3.55. The van der Waals surface area contributed by atoms with Gasteiger partial charge in [-0.05, 0) is 38.5 Å². The fraction of sp³-hybridized carbons (Fsp3) is 1.00. The average molecular weight is 268 g/mol. The zero-order valence-electron chi connectivity index (χ0n) is 13.3. The Hall–Kier alpha value is -0.120. The highest BCUT2D eigenvalue weighted by Crippen LogP contribution is 2.35. The lowest BCUT2D eigenvalue weighted by molar-refractivity contribution is -0.0112. The molecule has 0 radical (unpaired) electrons. The molecule has 1 aliphatic carbocycles. The van der Waals surface area contributed by atoms with Crippen molar-refractivity contribution in [3.8, 4) is 0 Å². The first kappa shape index (κ1) is 15.3. The molecule has 1 saturated heterocycles. The molecule has 1 aliphatic heterocycles. The standard InChI is InChI=1S/C16H32N2O/c1-15(2)7-5-6-14(12-15)17-13-16(3,4)18-8-10-19-11-9-18/h14,17H,5-13H2,1-4H3. The first-order valence-corrected chi connectivity index (χ1v) is 7.95. The van der Waals surface area contributed by atoms with Crippen molar-refractivity contribution in [3.63, 3.8) is 0 Å². The first-order chi connectivity index (χ1) is 8.89. The number of ether oxygens (including phenoxy) is 1. The van der Waals surface area contributed by atoms with Crippen molar-refractivity contribution in [2.45, 2.75) is 65.0 Å². The maximum atomic E-state index is 5.45. The second-order valence-electron chi connectivity index (χ2n) is 7.75. The van der Waals surface area contributed by atoms with Crippen molar-refractivity contribution >= 4 is 0 Å². The molecule has 19 heavy (non-hydrogen) atoms. The Morgan fingerprint density at radius 2 is 1.95 bits per heavy atom. The molecule has 2 aliphatic rings. The smallest absolute Gasteiger partial charge is 0.0594 e. The van der Waals surface area contributed by atoms with Crippen LogP contribution in [0.3, 0.4) is 0 Å². The molecule has 0 aromatic heterocycles. The molecule has 3 nitrogen and oxygen atoms in total. The molecule has 2 fully saturated rings. The lowest BCUT2D eigenvalue weighted by Crippen LogP contribution is -2.56. The normalized spacial score (nSPS) is 29.4. The highest BCUT2D eigenvalue weighted by atomic mass is 16.5. The largest absolute Gasteiger partial charge is 0.379 e. The summed E-state index contributed by atoms with van der Waals surface area (Å²) in [5.74, 6) is 0. The summed E-state index contributed by atoms with van der Waals surface area (Å²) in [5, 5.41) is 3.83. The van der Waals surface area contributed by atoms with E-state index in [0.717, 1.165) is 32.8 Å². The van der Waals surface area contributed by atoms with Crippen molar-refractivity contribution < 1.29 is 4.74 Å². The van der Waals surface area contributed by atoms with Gasteiger partial charge in [-0.15, -0.1) is 0 Å². The molecule has 1 N–H and O–H groups in total. The van der Waals surface area contributed by atoms with Gasteiger partial charge >= 0.3 is 0 Å². The highest BCUT2D eigenvalue weighted by Gasteiger charge is 2.31. The number of rotatable bonds is 4. The van der Waals surface area contributed by atoms with Crippen molar-refractivity contribution in [1.82, 2.24) is 10.2 Å². The minimum Gasteiger partial charge on any atom is -0.379 e. The number of nitrogens with zero attached hydrogens (tertiary/aromatic N) is 1. The SMILES string of the molecule is CC1(C)CCCC(NCC(C)(C)N2CCOCC2)C1. The zero-order chi connectivity index (χ0) is 13.9. The highest BCUT2D eigenvalue weighted by molar-refractivity contribution is 4.89. The van der Waals surface area contributed by atoms with E-state index in [0.29, 0.717) is 11.5 Å². The molecule has 2 rings (SSSR count). The van der Waals surface area contributed by atoms with Crippen molar-refractivity contribution in [2.24, 2.45) is 5.41 Å². The summed E-state index contributed by atoms with van der Waals surface area (Å²) in [5.41, 5.74) is 0.768. The van der Waals surface area contributed by atoms with Gasteiger partial charge in [0.25, 0.3) is 0 Å². The van der Waals surface area contributed by atoms with Crippen molar-refractivity contribution in [2.75, 3.05) is 32.8 Å². The lowest BCUT2D eigenvalue weighted by atomic mass is 9.75. The Morgan fingerprint density at radius 1 is 1.26 bits per heavy atom. The van der Waals surface area contributed by atoms with Gasteiger partial charge < -0.3 is 10.1 Å². The molecule has 1 saturated carbocycles. The van der Waals surface area contributed by atoms with Crippen molar-refractivity contribution in [1.29, 1.82) is 0 Å². The van der Waals surface area contributed by atoms with Crippen LogP contribution in [0.4, 0.5) is 0 Å². The molecule has 0 aromatic rings. The van der Waals surface area contributed by atoms with Gasteiger partial charge in [0, 0.05) is 31.2 Å².